The average Bonchev–Trinajstić information content (AvgIpc) is 2.88. The molecule has 0 aliphatic carbocycles. The van der Waals surface area contributed by atoms with Gasteiger partial charge in [0.05, 0.1) is 22.5 Å². The summed E-state index contributed by atoms with van der Waals surface area (Å²) < 4.78 is 1.91. The Morgan fingerprint density at radius 1 is 1.33 bits per heavy atom. The molecule has 0 saturated heterocycles. The molecule has 0 spiro atoms. The van der Waals surface area contributed by atoms with E-state index in [0.29, 0.717) is 18.9 Å². The van der Waals surface area contributed by atoms with Gasteiger partial charge in [0, 0.05) is 30.5 Å². The number of aliphatic hydroxyl groups excluding tert-OH is 1. The van der Waals surface area contributed by atoms with Gasteiger partial charge < -0.3 is 5.11 Å². The number of hydrogen-bond donors (Lipinski definition) is 1. The van der Waals surface area contributed by atoms with E-state index in [9.17, 15) is 5.11 Å². The number of thiazole rings is 1. The molecule has 0 aliphatic rings. The maximum absolute atomic E-state index is 10.0. The van der Waals surface area contributed by atoms with E-state index in [1.165, 1.54) is 0 Å². The number of hydrogen-bond acceptors (Lipinski definition) is 4. The van der Waals surface area contributed by atoms with Crippen LogP contribution in [0.2, 0.25) is 0 Å². The molecule has 0 aliphatic heterocycles. The third kappa shape index (κ3) is 3.40. The van der Waals surface area contributed by atoms with E-state index in [1.54, 1.807) is 11.3 Å². The fraction of sp³-hybridized carbons (Fsp3) is 0.538. The smallest absolute Gasteiger partial charge is 0.0897 e. The Balaban J connectivity index is 1.92. The molecule has 0 fully saturated rings. The van der Waals surface area contributed by atoms with Crippen LogP contribution in [0.4, 0.5) is 0 Å². The summed E-state index contributed by atoms with van der Waals surface area (Å²) in [4.78, 5) is 4.36. The SMILES string of the molecule is Cc1nc(CC(O)Cc2ccn(C(C)C)n2)cs1. The highest BCUT2D eigenvalue weighted by Gasteiger charge is 2.11. The van der Waals surface area contributed by atoms with Crippen molar-refractivity contribution in [2.24, 2.45) is 0 Å². The lowest BCUT2D eigenvalue weighted by Gasteiger charge is -2.07. The number of aliphatic hydroxyl groups is 1. The molecule has 5 heteroatoms. The summed E-state index contributed by atoms with van der Waals surface area (Å²) in [5.41, 5.74) is 1.90. The molecule has 98 valence electrons. The van der Waals surface area contributed by atoms with Crippen LogP contribution in [0.15, 0.2) is 17.6 Å². The summed E-state index contributed by atoms with van der Waals surface area (Å²) in [6, 6.07) is 2.33. The van der Waals surface area contributed by atoms with Crippen molar-refractivity contribution in [2.75, 3.05) is 0 Å². The predicted octanol–water partition coefficient (Wildman–Crippen LogP) is 2.38. The maximum Gasteiger partial charge on any atom is 0.0897 e. The van der Waals surface area contributed by atoms with Gasteiger partial charge in [0.1, 0.15) is 0 Å². The first-order chi connectivity index (χ1) is 8.54. The van der Waals surface area contributed by atoms with Crippen molar-refractivity contribution in [3.05, 3.63) is 34.0 Å². The zero-order valence-corrected chi connectivity index (χ0v) is 11.8. The summed E-state index contributed by atoms with van der Waals surface area (Å²) in [6.45, 7) is 6.15. The van der Waals surface area contributed by atoms with E-state index in [-0.39, 0.29) is 0 Å². The first-order valence-electron chi connectivity index (χ1n) is 6.17. The lowest BCUT2D eigenvalue weighted by Crippen LogP contribution is -2.15. The van der Waals surface area contributed by atoms with Crippen LogP contribution in [0, 0.1) is 6.92 Å². The molecule has 1 atom stereocenters. The van der Waals surface area contributed by atoms with Crippen molar-refractivity contribution < 1.29 is 5.11 Å². The quantitative estimate of drug-likeness (QED) is 0.903. The van der Waals surface area contributed by atoms with Gasteiger partial charge in [-0.25, -0.2) is 4.98 Å². The molecule has 1 N–H and O–H groups in total. The van der Waals surface area contributed by atoms with E-state index in [2.05, 4.69) is 23.9 Å². The Bertz CT molecular complexity index is 504. The highest BCUT2D eigenvalue weighted by atomic mass is 32.1. The molecule has 4 nitrogen and oxygen atoms in total. The van der Waals surface area contributed by atoms with E-state index >= 15 is 0 Å². The van der Waals surface area contributed by atoms with E-state index < -0.39 is 6.10 Å². The minimum atomic E-state index is -0.415. The molecule has 2 aromatic heterocycles. The van der Waals surface area contributed by atoms with E-state index in [1.807, 2.05) is 29.2 Å². The van der Waals surface area contributed by atoms with Gasteiger partial charge in [0.25, 0.3) is 0 Å². The molecule has 2 heterocycles. The minimum absolute atomic E-state index is 0.358. The van der Waals surface area contributed by atoms with Crippen molar-refractivity contribution in [3.63, 3.8) is 0 Å². The molecule has 0 radical (unpaired) electrons. The average molecular weight is 265 g/mol. The van der Waals surface area contributed by atoms with E-state index in [4.69, 9.17) is 0 Å². The van der Waals surface area contributed by atoms with E-state index in [0.717, 1.165) is 16.4 Å². The summed E-state index contributed by atoms with van der Waals surface area (Å²) in [7, 11) is 0. The van der Waals surface area contributed by atoms with Gasteiger partial charge in [0.2, 0.25) is 0 Å². The molecule has 0 aromatic carbocycles. The first kappa shape index (κ1) is 13.2. The zero-order chi connectivity index (χ0) is 13.1. The van der Waals surface area contributed by atoms with Crippen LogP contribution in [0.1, 0.15) is 36.3 Å². The lowest BCUT2D eigenvalue weighted by molar-refractivity contribution is 0.173. The van der Waals surface area contributed by atoms with Crippen LogP contribution in [0.25, 0.3) is 0 Å². The third-order valence-electron chi connectivity index (χ3n) is 2.75. The fourth-order valence-corrected chi connectivity index (χ4v) is 2.46. The Kier molecular flexibility index (Phi) is 4.14. The molecular formula is C13H19N3OS. The maximum atomic E-state index is 10.0. The Morgan fingerprint density at radius 2 is 2.06 bits per heavy atom. The molecule has 0 bridgehead atoms. The fourth-order valence-electron chi connectivity index (χ4n) is 1.83. The van der Waals surface area contributed by atoms with Crippen molar-refractivity contribution in [1.82, 2.24) is 14.8 Å². The minimum Gasteiger partial charge on any atom is -0.392 e. The summed E-state index contributed by atoms with van der Waals surface area (Å²) in [6.07, 6.45) is 2.72. The number of aryl methyl sites for hydroxylation is 1. The summed E-state index contributed by atoms with van der Waals surface area (Å²) in [5, 5.41) is 17.5. The standard InChI is InChI=1S/C13H19N3OS/c1-9(2)16-5-4-11(15-16)6-13(17)7-12-8-18-10(3)14-12/h4-5,8-9,13,17H,6-7H2,1-3H3. The third-order valence-corrected chi connectivity index (χ3v) is 3.57. The van der Waals surface area contributed by atoms with Crippen LogP contribution < -0.4 is 0 Å². The van der Waals surface area contributed by atoms with Crippen LogP contribution in [-0.2, 0) is 12.8 Å². The molecule has 0 amide bonds. The lowest BCUT2D eigenvalue weighted by atomic mass is 10.1. The van der Waals surface area contributed by atoms with Crippen LogP contribution in [0.5, 0.6) is 0 Å². The molecule has 0 saturated carbocycles. The normalized spacial score (nSPS) is 13.2. The number of rotatable bonds is 5. The van der Waals surface area contributed by atoms with Gasteiger partial charge in [-0.2, -0.15) is 5.10 Å². The van der Waals surface area contributed by atoms with Gasteiger partial charge in [-0.05, 0) is 26.8 Å². The largest absolute Gasteiger partial charge is 0.392 e. The number of nitrogens with zero attached hydrogens (tertiary/aromatic N) is 3. The van der Waals surface area contributed by atoms with Crippen molar-refractivity contribution in [3.8, 4) is 0 Å². The topological polar surface area (TPSA) is 50.9 Å². The molecule has 1 unspecified atom stereocenters. The Labute approximate surface area is 111 Å². The van der Waals surface area contributed by atoms with Crippen molar-refractivity contribution in [1.29, 1.82) is 0 Å². The first-order valence-corrected chi connectivity index (χ1v) is 7.05. The molecular weight excluding hydrogens is 246 g/mol. The van der Waals surface area contributed by atoms with Gasteiger partial charge in [-0.1, -0.05) is 0 Å². The van der Waals surface area contributed by atoms with Crippen molar-refractivity contribution >= 4 is 11.3 Å². The highest BCUT2D eigenvalue weighted by molar-refractivity contribution is 7.09. The van der Waals surface area contributed by atoms with Gasteiger partial charge in [0.15, 0.2) is 0 Å². The predicted molar refractivity (Wildman–Crippen MR) is 72.9 cm³/mol. The van der Waals surface area contributed by atoms with Crippen LogP contribution in [0.3, 0.4) is 0 Å². The molecule has 18 heavy (non-hydrogen) atoms. The van der Waals surface area contributed by atoms with Crippen LogP contribution in [-0.4, -0.2) is 26.0 Å². The highest BCUT2D eigenvalue weighted by Crippen LogP contribution is 2.12. The summed E-state index contributed by atoms with van der Waals surface area (Å²) in [5.74, 6) is 0. The molecule has 2 aromatic rings. The van der Waals surface area contributed by atoms with Gasteiger partial charge >= 0.3 is 0 Å². The second kappa shape index (κ2) is 5.63. The Hall–Kier alpha value is -1.20. The van der Waals surface area contributed by atoms with Gasteiger partial charge in [-0.3, -0.25) is 4.68 Å². The van der Waals surface area contributed by atoms with Crippen LogP contribution >= 0.6 is 11.3 Å². The van der Waals surface area contributed by atoms with Gasteiger partial charge in [-0.15, -0.1) is 11.3 Å². The van der Waals surface area contributed by atoms with Crippen molar-refractivity contribution in [2.45, 2.75) is 45.8 Å². The molecule has 2 rings (SSSR count). The second-order valence-corrected chi connectivity index (χ2v) is 5.86. The number of aromatic nitrogens is 3. The second-order valence-electron chi connectivity index (χ2n) is 4.80. The summed E-state index contributed by atoms with van der Waals surface area (Å²) >= 11 is 1.62. The Morgan fingerprint density at radius 3 is 2.61 bits per heavy atom. The zero-order valence-electron chi connectivity index (χ0n) is 11.0. The monoisotopic (exact) mass is 265 g/mol.